The highest BCUT2D eigenvalue weighted by atomic mass is 32.2. The SMILES string of the molecule is CCN(Cc1ccccc1)S(=O)(=O)c1nnc(NC(C)=O)s1. The van der Waals surface area contributed by atoms with E-state index in [1.165, 1.54) is 11.2 Å². The molecule has 2 rings (SSSR count). The molecule has 0 fully saturated rings. The van der Waals surface area contributed by atoms with Crippen LogP contribution in [0.3, 0.4) is 0 Å². The van der Waals surface area contributed by atoms with E-state index in [1.807, 2.05) is 30.3 Å². The summed E-state index contributed by atoms with van der Waals surface area (Å²) in [6.07, 6.45) is 0. The second-order valence-corrected chi connectivity index (χ2v) is 7.56. The number of carbonyl (C=O) groups excluding carboxylic acids is 1. The molecule has 118 valence electrons. The van der Waals surface area contributed by atoms with Gasteiger partial charge in [-0.15, -0.1) is 10.2 Å². The van der Waals surface area contributed by atoms with Crippen LogP contribution in [0.25, 0.3) is 0 Å². The molecular formula is C13H16N4O3S2. The first-order valence-electron chi connectivity index (χ1n) is 6.58. The Kier molecular flexibility index (Phi) is 5.22. The van der Waals surface area contributed by atoms with Gasteiger partial charge in [0.1, 0.15) is 0 Å². The van der Waals surface area contributed by atoms with Crippen LogP contribution in [0.4, 0.5) is 5.13 Å². The summed E-state index contributed by atoms with van der Waals surface area (Å²) in [6.45, 7) is 3.65. The van der Waals surface area contributed by atoms with Gasteiger partial charge >= 0.3 is 0 Å². The third-order valence-corrected chi connectivity index (χ3v) is 5.91. The molecule has 0 aliphatic carbocycles. The van der Waals surface area contributed by atoms with Crippen LogP contribution in [-0.4, -0.2) is 35.4 Å². The molecule has 1 aromatic carbocycles. The monoisotopic (exact) mass is 340 g/mol. The molecule has 0 aliphatic heterocycles. The highest BCUT2D eigenvalue weighted by Gasteiger charge is 2.27. The van der Waals surface area contributed by atoms with Gasteiger partial charge in [0.15, 0.2) is 0 Å². The van der Waals surface area contributed by atoms with Crippen LogP contribution in [-0.2, 0) is 21.4 Å². The molecule has 22 heavy (non-hydrogen) atoms. The summed E-state index contributed by atoms with van der Waals surface area (Å²) < 4.78 is 26.4. The van der Waals surface area contributed by atoms with Crippen LogP contribution in [0.2, 0.25) is 0 Å². The summed E-state index contributed by atoms with van der Waals surface area (Å²) in [5.41, 5.74) is 0.888. The van der Waals surface area contributed by atoms with Gasteiger partial charge in [-0.1, -0.05) is 48.6 Å². The van der Waals surface area contributed by atoms with Gasteiger partial charge in [0.25, 0.3) is 10.0 Å². The zero-order chi connectivity index (χ0) is 16.2. The van der Waals surface area contributed by atoms with Crippen molar-refractivity contribution in [2.45, 2.75) is 24.7 Å². The first-order valence-corrected chi connectivity index (χ1v) is 8.84. The van der Waals surface area contributed by atoms with Crippen molar-refractivity contribution in [1.29, 1.82) is 0 Å². The van der Waals surface area contributed by atoms with Crippen LogP contribution in [0.5, 0.6) is 0 Å². The summed E-state index contributed by atoms with van der Waals surface area (Å²) in [4.78, 5) is 11.0. The zero-order valence-electron chi connectivity index (χ0n) is 12.2. The quantitative estimate of drug-likeness (QED) is 0.808. The van der Waals surface area contributed by atoms with E-state index in [2.05, 4.69) is 15.5 Å². The smallest absolute Gasteiger partial charge is 0.272 e. The molecule has 0 radical (unpaired) electrons. The Hall–Kier alpha value is -1.84. The molecule has 2 aromatic rings. The first kappa shape index (κ1) is 16.5. The normalized spacial score (nSPS) is 11.6. The molecule has 0 saturated heterocycles. The van der Waals surface area contributed by atoms with Crippen molar-refractivity contribution in [2.75, 3.05) is 11.9 Å². The number of sulfonamides is 1. The molecule has 0 bridgehead atoms. The number of nitrogens with one attached hydrogen (secondary N) is 1. The molecule has 0 aliphatic rings. The Bertz CT molecular complexity index is 744. The second kappa shape index (κ2) is 6.95. The van der Waals surface area contributed by atoms with Crippen LogP contribution < -0.4 is 5.32 Å². The highest BCUT2D eigenvalue weighted by molar-refractivity contribution is 7.91. The van der Waals surface area contributed by atoms with Gasteiger partial charge in [0.05, 0.1) is 0 Å². The summed E-state index contributed by atoms with van der Waals surface area (Å²) in [7, 11) is -3.74. The fourth-order valence-electron chi connectivity index (χ4n) is 1.78. The van der Waals surface area contributed by atoms with E-state index >= 15 is 0 Å². The Morgan fingerprint density at radius 3 is 2.55 bits per heavy atom. The maximum absolute atomic E-state index is 12.6. The molecule has 9 heteroatoms. The minimum absolute atomic E-state index is 0.131. The Morgan fingerprint density at radius 2 is 1.95 bits per heavy atom. The van der Waals surface area contributed by atoms with Crippen molar-refractivity contribution in [2.24, 2.45) is 0 Å². The topological polar surface area (TPSA) is 92.3 Å². The number of hydrogen-bond donors (Lipinski definition) is 1. The lowest BCUT2D eigenvalue weighted by molar-refractivity contribution is -0.114. The lowest BCUT2D eigenvalue weighted by Crippen LogP contribution is -2.30. The molecule has 0 saturated carbocycles. The maximum atomic E-state index is 12.6. The Morgan fingerprint density at radius 1 is 1.27 bits per heavy atom. The Balaban J connectivity index is 2.23. The van der Waals surface area contributed by atoms with Crippen molar-refractivity contribution in [3.63, 3.8) is 0 Å². The minimum Gasteiger partial charge on any atom is -0.301 e. The van der Waals surface area contributed by atoms with Gasteiger partial charge in [0.2, 0.25) is 15.4 Å². The fourth-order valence-corrected chi connectivity index (χ4v) is 4.30. The van der Waals surface area contributed by atoms with E-state index in [0.717, 1.165) is 16.9 Å². The summed E-state index contributed by atoms with van der Waals surface area (Å²) >= 11 is 0.839. The van der Waals surface area contributed by atoms with E-state index in [1.54, 1.807) is 6.92 Å². The number of anilines is 1. The third-order valence-electron chi connectivity index (χ3n) is 2.80. The molecule has 0 unspecified atom stereocenters. The standard InChI is InChI=1S/C13H16N4O3S2/c1-3-17(9-11-7-5-4-6-8-11)22(19,20)13-16-15-12(21-13)14-10(2)18/h4-8H,3,9H2,1-2H3,(H,14,15,18). The highest BCUT2D eigenvalue weighted by Crippen LogP contribution is 2.24. The van der Waals surface area contributed by atoms with Gasteiger partial charge in [-0.05, 0) is 5.56 Å². The van der Waals surface area contributed by atoms with Crippen molar-refractivity contribution in [3.05, 3.63) is 35.9 Å². The van der Waals surface area contributed by atoms with Crippen LogP contribution in [0, 0.1) is 0 Å². The number of aromatic nitrogens is 2. The fraction of sp³-hybridized carbons (Fsp3) is 0.308. The molecular weight excluding hydrogens is 324 g/mol. The number of amides is 1. The van der Waals surface area contributed by atoms with Crippen molar-refractivity contribution in [3.8, 4) is 0 Å². The van der Waals surface area contributed by atoms with Gasteiger partial charge in [-0.3, -0.25) is 4.79 Å². The van der Waals surface area contributed by atoms with Gasteiger partial charge in [0, 0.05) is 20.0 Å². The van der Waals surface area contributed by atoms with E-state index in [0.29, 0.717) is 6.54 Å². The van der Waals surface area contributed by atoms with Crippen LogP contribution in [0.15, 0.2) is 34.7 Å². The van der Waals surface area contributed by atoms with E-state index < -0.39 is 10.0 Å². The number of carbonyl (C=O) groups is 1. The first-order chi connectivity index (χ1) is 10.4. The molecule has 1 N–H and O–H groups in total. The average molecular weight is 340 g/mol. The minimum atomic E-state index is -3.74. The number of hydrogen-bond acceptors (Lipinski definition) is 6. The zero-order valence-corrected chi connectivity index (χ0v) is 13.8. The van der Waals surface area contributed by atoms with Gasteiger partial charge in [-0.2, -0.15) is 4.31 Å². The third kappa shape index (κ3) is 3.87. The van der Waals surface area contributed by atoms with Crippen molar-refractivity contribution in [1.82, 2.24) is 14.5 Å². The van der Waals surface area contributed by atoms with Crippen LogP contribution in [0.1, 0.15) is 19.4 Å². The number of benzene rings is 1. The van der Waals surface area contributed by atoms with Gasteiger partial charge in [-0.25, -0.2) is 8.42 Å². The summed E-state index contributed by atoms with van der Waals surface area (Å²) in [6, 6.07) is 9.31. The maximum Gasteiger partial charge on any atom is 0.272 e. The predicted octanol–water partition coefficient (Wildman–Crippen LogP) is 1.71. The molecule has 1 amide bonds. The lowest BCUT2D eigenvalue weighted by atomic mass is 10.2. The molecule has 0 spiro atoms. The van der Waals surface area contributed by atoms with Crippen LogP contribution >= 0.6 is 11.3 Å². The Labute approximate surface area is 133 Å². The van der Waals surface area contributed by atoms with E-state index in [4.69, 9.17) is 0 Å². The summed E-state index contributed by atoms with van der Waals surface area (Å²) in [5, 5.41) is 9.95. The van der Waals surface area contributed by atoms with Crippen molar-refractivity contribution >= 4 is 32.4 Å². The largest absolute Gasteiger partial charge is 0.301 e. The molecule has 1 heterocycles. The lowest BCUT2D eigenvalue weighted by Gasteiger charge is -2.18. The van der Waals surface area contributed by atoms with Crippen molar-refractivity contribution < 1.29 is 13.2 Å². The van der Waals surface area contributed by atoms with E-state index in [-0.39, 0.29) is 21.9 Å². The van der Waals surface area contributed by atoms with Gasteiger partial charge < -0.3 is 5.32 Å². The number of rotatable bonds is 6. The molecule has 1 aromatic heterocycles. The summed E-state index contributed by atoms with van der Waals surface area (Å²) in [5.74, 6) is -0.322. The second-order valence-electron chi connectivity index (χ2n) is 4.47. The predicted molar refractivity (Wildman–Crippen MR) is 83.9 cm³/mol. The number of nitrogens with zero attached hydrogens (tertiary/aromatic N) is 3. The molecule has 0 atom stereocenters. The van der Waals surface area contributed by atoms with E-state index in [9.17, 15) is 13.2 Å². The average Bonchev–Trinajstić information content (AvgIpc) is 2.94. The molecule has 7 nitrogen and oxygen atoms in total.